The fourth-order valence-electron chi connectivity index (χ4n) is 4.83. The molecule has 180 valence electrons. The molecule has 0 unspecified atom stereocenters. The van der Waals surface area contributed by atoms with E-state index < -0.39 is 17.9 Å². The summed E-state index contributed by atoms with van der Waals surface area (Å²) in [5.41, 5.74) is 7.78. The summed E-state index contributed by atoms with van der Waals surface area (Å²) in [6.07, 6.45) is -1.26. The fraction of sp³-hybridized carbons (Fsp3) is 0.333. The molecule has 35 heavy (non-hydrogen) atoms. The predicted molar refractivity (Wildman–Crippen MR) is 121 cm³/mol. The number of pyridine rings is 2. The molecule has 1 atom stereocenters. The number of alkyl halides is 3. The van der Waals surface area contributed by atoms with Gasteiger partial charge < -0.3 is 15.4 Å². The van der Waals surface area contributed by atoms with Crippen molar-refractivity contribution in [3.05, 3.63) is 59.0 Å². The van der Waals surface area contributed by atoms with Gasteiger partial charge in [0.1, 0.15) is 11.5 Å². The average Bonchev–Trinajstić information content (AvgIpc) is 3.58. The number of benzene rings is 1. The van der Waals surface area contributed by atoms with E-state index in [0.717, 1.165) is 29.8 Å². The Morgan fingerprint density at radius 3 is 2.71 bits per heavy atom. The molecular formula is C24H21F3N6O2. The Balaban J connectivity index is 1.42. The third kappa shape index (κ3) is 3.57. The van der Waals surface area contributed by atoms with Gasteiger partial charge in [-0.05, 0) is 37.1 Å². The van der Waals surface area contributed by atoms with E-state index in [4.69, 9.17) is 10.5 Å². The van der Waals surface area contributed by atoms with Crippen LogP contribution in [0.2, 0.25) is 0 Å². The Hall–Kier alpha value is -3.73. The second kappa shape index (κ2) is 7.64. The van der Waals surface area contributed by atoms with Crippen molar-refractivity contribution in [3.63, 3.8) is 0 Å². The summed E-state index contributed by atoms with van der Waals surface area (Å²) in [7, 11) is 1.80. The monoisotopic (exact) mass is 482 g/mol. The van der Waals surface area contributed by atoms with Gasteiger partial charge >= 0.3 is 6.18 Å². The Kier molecular flexibility index (Phi) is 4.75. The molecule has 1 fully saturated rings. The minimum Gasteiger partial charge on any atom is -0.383 e. The number of ether oxygens (including phenoxy) is 1. The second-order valence-electron chi connectivity index (χ2n) is 8.96. The number of hydrogen-bond donors (Lipinski definition) is 1. The van der Waals surface area contributed by atoms with Gasteiger partial charge in [-0.15, -0.1) is 0 Å². The minimum absolute atomic E-state index is 0.0127. The molecule has 3 aromatic heterocycles. The lowest BCUT2D eigenvalue weighted by Gasteiger charge is -2.36. The molecule has 1 aliphatic heterocycles. The number of nitrogens with zero attached hydrogens (tertiary/aromatic N) is 5. The molecule has 0 radical (unpaired) electrons. The number of hydrogen-bond acceptors (Lipinski definition) is 6. The standard InChI is InChI=1S/C24H21F3N6O2/c1-32-21-15-8-12(2-6-17(15)31-22(28)16(21)9-29-32)23(34)33(13-3-4-13)19-11-35-10-18-14(19)5-7-20(30-18)24(25,26)27/h2,5-9,13,19H,3-4,10-11H2,1H3,(H2,28,31)/t19-/m1/s1. The first-order valence-corrected chi connectivity index (χ1v) is 11.2. The molecule has 8 nitrogen and oxygen atoms in total. The summed E-state index contributed by atoms with van der Waals surface area (Å²) in [6, 6.07) is 7.08. The number of nitrogens with two attached hydrogens (primary N) is 1. The number of aryl methyl sites for hydroxylation is 1. The maximum atomic E-state index is 13.8. The summed E-state index contributed by atoms with van der Waals surface area (Å²) in [5, 5.41) is 5.72. The summed E-state index contributed by atoms with van der Waals surface area (Å²) in [6.45, 7) is 0.171. The zero-order valence-electron chi connectivity index (χ0n) is 18.7. The molecule has 1 aromatic carbocycles. The third-order valence-electron chi connectivity index (χ3n) is 6.64. The minimum atomic E-state index is -4.55. The van der Waals surface area contributed by atoms with Crippen molar-refractivity contribution in [3.8, 4) is 0 Å². The van der Waals surface area contributed by atoms with Crippen LogP contribution in [0.1, 0.15) is 46.2 Å². The molecule has 0 saturated heterocycles. The Bertz CT molecular complexity index is 1490. The highest BCUT2D eigenvalue weighted by atomic mass is 19.4. The van der Waals surface area contributed by atoms with Gasteiger partial charge in [0.25, 0.3) is 5.91 Å². The summed E-state index contributed by atoms with van der Waals surface area (Å²) in [5.74, 6) is 0.142. The Morgan fingerprint density at radius 2 is 1.97 bits per heavy atom. The van der Waals surface area contributed by atoms with Crippen molar-refractivity contribution in [1.82, 2.24) is 24.6 Å². The number of carbonyl (C=O) groups excluding carboxylic acids is 1. The van der Waals surface area contributed by atoms with Crippen molar-refractivity contribution in [2.75, 3.05) is 12.3 Å². The number of aromatic nitrogens is 4. The lowest BCUT2D eigenvalue weighted by atomic mass is 9.99. The van der Waals surface area contributed by atoms with Crippen LogP contribution in [-0.4, -0.2) is 43.2 Å². The maximum Gasteiger partial charge on any atom is 0.433 e. The van der Waals surface area contributed by atoms with Gasteiger partial charge in [0.05, 0.1) is 47.6 Å². The zero-order chi connectivity index (χ0) is 24.5. The van der Waals surface area contributed by atoms with Gasteiger partial charge in [0.15, 0.2) is 0 Å². The van der Waals surface area contributed by atoms with Crippen LogP contribution < -0.4 is 5.73 Å². The van der Waals surface area contributed by atoms with Gasteiger partial charge in [-0.3, -0.25) is 9.48 Å². The van der Waals surface area contributed by atoms with E-state index in [2.05, 4.69) is 15.1 Å². The lowest BCUT2D eigenvalue weighted by molar-refractivity contribution is -0.141. The zero-order valence-corrected chi connectivity index (χ0v) is 18.7. The molecule has 4 heterocycles. The quantitative estimate of drug-likeness (QED) is 0.474. The van der Waals surface area contributed by atoms with Crippen LogP contribution >= 0.6 is 0 Å². The predicted octanol–water partition coefficient (Wildman–Crippen LogP) is 3.99. The van der Waals surface area contributed by atoms with Gasteiger partial charge in [-0.25, -0.2) is 9.97 Å². The largest absolute Gasteiger partial charge is 0.433 e. The van der Waals surface area contributed by atoms with Crippen LogP contribution in [0.3, 0.4) is 0 Å². The van der Waals surface area contributed by atoms with E-state index in [1.165, 1.54) is 6.07 Å². The molecule has 0 bridgehead atoms. The van der Waals surface area contributed by atoms with Crippen molar-refractivity contribution < 1.29 is 22.7 Å². The molecule has 0 spiro atoms. The smallest absolute Gasteiger partial charge is 0.383 e. The van der Waals surface area contributed by atoms with Crippen molar-refractivity contribution in [2.24, 2.45) is 7.05 Å². The average molecular weight is 482 g/mol. The molecule has 1 amide bonds. The normalized spacial score (nSPS) is 18.1. The molecule has 6 rings (SSSR count). The van der Waals surface area contributed by atoms with E-state index >= 15 is 0 Å². The van der Waals surface area contributed by atoms with Crippen LogP contribution in [0.5, 0.6) is 0 Å². The van der Waals surface area contributed by atoms with Gasteiger partial charge in [0.2, 0.25) is 0 Å². The van der Waals surface area contributed by atoms with Gasteiger partial charge in [-0.1, -0.05) is 6.07 Å². The molecule has 11 heteroatoms. The second-order valence-corrected chi connectivity index (χ2v) is 8.96. The van der Waals surface area contributed by atoms with Crippen molar-refractivity contribution >= 4 is 33.5 Å². The fourth-order valence-corrected chi connectivity index (χ4v) is 4.83. The highest BCUT2D eigenvalue weighted by molar-refractivity contribution is 6.10. The molecule has 1 saturated carbocycles. The highest BCUT2D eigenvalue weighted by Gasteiger charge is 2.42. The lowest BCUT2D eigenvalue weighted by Crippen LogP contribution is -2.41. The highest BCUT2D eigenvalue weighted by Crippen LogP contribution is 2.40. The van der Waals surface area contributed by atoms with E-state index in [-0.39, 0.29) is 30.9 Å². The SMILES string of the molecule is Cn1ncc2c(N)nc3ccc(C(=O)N(C4CC4)[C@@H]4COCc5nc(C(F)(F)F)ccc54)cc3c21. The van der Waals surface area contributed by atoms with Crippen LogP contribution in [0.15, 0.2) is 36.5 Å². The maximum absolute atomic E-state index is 13.8. The molecule has 2 aliphatic rings. The van der Waals surface area contributed by atoms with E-state index in [0.29, 0.717) is 27.8 Å². The topological polar surface area (TPSA) is 99.2 Å². The van der Waals surface area contributed by atoms with E-state index in [9.17, 15) is 18.0 Å². The summed E-state index contributed by atoms with van der Waals surface area (Å²) < 4.78 is 46.8. The third-order valence-corrected chi connectivity index (χ3v) is 6.64. The molecular weight excluding hydrogens is 461 g/mol. The first-order chi connectivity index (χ1) is 16.7. The van der Waals surface area contributed by atoms with E-state index in [1.807, 2.05) is 0 Å². The molecule has 2 N–H and O–H groups in total. The van der Waals surface area contributed by atoms with Crippen molar-refractivity contribution in [2.45, 2.75) is 37.7 Å². The van der Waals surface area contributed by atoms with Crippen LogP contribution in [0.4, 0.5) is 19.0 Å². The van der Waals surface area contributed by atoms with Crippen LogP contribution in [0, 0.1) is 0 Å². The molecule has 1 aliphatic carbocycles. The molecule has 4 aromatic rings. The number of amides is 1. The first kappa shape index (κ1) is 21.8. The number of carbonyl (C=O) groups is 1. The van der Waals surface area contributed by atoms with E-state index in [1.54, 1.807) is 41.0 Å². The van der Waals surface area contributed by atoms with Gasteiger partial charge in [0, 0.05) is 29.6 Å². The van der Waals surface area contributed by atoms with Crippen molar-refractivity contribution in [1.29, 1.82) is 0 Å². The number of nitrogen functional groups attached to an aromatic ring is 1. The summed E-state index contributed by atoms with van der Waals surface area (Å²) >= 11 is 0. The number of rotatable bonds is 3. The van der Waals surface area contributed by atoms with Crippen LogP contribution in [0.25, 0.3) is 21.8 Å². The summed E-state index contributed by atoms with van der Waals surface area (Å²) in [4.78, 5) is 23.8. The Morgan fingerprint density at radius 1 is 1.17 bits per heavy atom. The number of anilines is 1. The van der Waals surface area contributed by atoms with Gasteiger partial charge in [-0.2, -0.15) is 18.3 Å². The number of halogens is 3. The number of fused-ring (bicyclic) bond motifs is 4. The Labute approximate surface area is 197 Å². The first-order valence-electron chi connectivity index (χ1n) is 11.2. The van der Waals surface area contributed by atoms with Crippen LogP contribution in [-0.2, 0) is 24.6 Å².